The van der Waals surface area contributed by atoms with Crippen LogP contribution in [0.15, 0.2) is 152 Å². The van der Waals surface area contributed by atoms with E-state index in [1.807, 2.05) is 11.8 Å². The van der Waals surface area contributed by atoms with Crippen molar-refractivity contribution in [1.29, 1.82) is 0 Å². The van der Waals surface area contributed by atoms with Crippen molar-refractivity contribution in [3.63, 3.8) is 0 Å². The maximum atomic E-state index is 12.2. The van der Waals surface area contributed by atoms with Crippen LogP contribution in [0.1, 0.15) is 11.1 Å². The molecular formula is C40H27F18IO6S4. The Hall–Kier alpha value is -3.91. The summed E-state index contributed by atoms with van der Waals surface area (Å²) in [6, 6.07) is 46.7. The predicted molar refractivity (Wildman–Crippen MR) is 207 cm³/mol. The van der Waals surface area contributed by atoms with Gasteiger partial charge in [0.2, 0.25) is 0 Å². The zero-order valence-corrected chi connectivity index (χ0v) is 39.3. The Labute approximate surface area is 397 Å². The van der Waals surface area contributed by atoms with Gasteiger partial charge in [-0.2, -0.15) is 79.0 Å². The van der Waals surface area contributed by atoms with Crippen LogP contribution >= 0.6 is 11.8 Å². The molecule has 0 heterocycles. The fourth-order valence-corrected chi connectivity index (χ4v) is 11.2. The van der Waals surface area contributed by atoms with Gasteiger partial charge in [0, 0.05) is 20.9 Å². The average Bonchev–Trinajstić information content (AvgIpc) is 3.22. The summed E-state index contributed by atoms with van der Waals surface area (Å²) >= 11 is 1.72. The minimum absolute atomic E-state index is 0.116. The second kappa shape index (κ2) is 21.4. The Morgan fingerprint density at radius 1 is 0.420 bits per heavy atom. The summed E-state index contributed by atoms with van der Waals surface area (Å²) < 4.78 is 274. The van der Waals surface area contributed by atoms with Crippen LogP contribution in [-0.4, -0.2) is 72.5 Å². The quantitative estimate of drug-likeness (QED) is 0.0500. The lowest BCUT2D eigenvalue weighted by molar-refractivity contribution is -0.597. The van der Waals surface area contributed by atoms with Gasteiger partial charge in [0.05, 0.1) is 10.9 Å². The zero-order chi connectivity index (χ0) is 53.0. The third-order valence-corrected chi connectivity index (χ3v) is 16.6. The average molecular weight is 1200 g/mol. The van der Waals surface area contributed by atoms with Gasteiger partial charge in [0.25, 0.3) is 0 Å². The van der Waals surface area contributed by atoms with Gasteiger partial charge in [0.15, 0.2) is 42.1 Å². The molecule has 0 saturated carbocycles. The van der Waals surface area contributed by atoms with Crippen LogP contribution in [0, 0.1) is 21.0 Å². The standard InChI is InChI=1S/C32H27IS2.2C4HF9O3S/c1-24-10-6-8-14-31(24)35(32-15-9-7-11-25(32)2)30-22-20-29(21-23-30)34-28-18-16-27(17-19-28)33-26-12-4-3-5-13-26;2*5-1(6,3(9,10)11)2(7,8)4(12,13)17(14,15)16/h3-23H,1-2H3;2*(H,14,15,16)/q+2;;/p-2. The van der Waals surface area contributed by atoms with E-state index in [2.05, 4.69) is 141 Å². The van der Waals surface area contributed by atoms with Gasteiger partial charge in [-0.25, -0.2) is 16.8 Å². The van der Waals surface area contributed by atoms with Crippen molar-refractivity contribution in [3.8, 4) is 0 Å². The third-order valence-electron chi connectivity index (χ3n) is 8.55. The van der Waals surface area contributed by atoms with Crippen molar-refractivity contribution in [2.45, 2.75) is 84.9 Å². The molecule has 0 atom stereocenters. The molecule has 0 aromatic heterocycles. The van der Waals surface area contributed by atoms with Crippen molar-refractivity contribution in [3.05, 3.63) is 146 Å². The molecule has 29 heteroatoms. The van der Waals surface area contributed by atoms with Gasteiger partial charge >= 0.3 is 67.8 Å². The molecule has 6 nitrogen and oxygen atoms in total. The van der Waals surface area contributed by atoms with Gasteiger partial charge in [-0.05, 0) is 86.6 Å². The molecule has 5 aromatic carbocycles. The van der Waals surface area contributed by atoms with E-state index in [-0.39, 0.29) is 32.1 Å². The molecule has 5 rings (SSSR count). The minimum Gasteiger partial charge on any atom is -0.743 e. The van der Waals surface area contributed by atoms with E-state index in [1.165, 1.54) is 42.7 Å². The number of rotatable bonds is 13. The second-order valence-electron chi connectivity index (χ2n) is 13.5. The lowest BCUT2D eigenvalue weighted by atomic mass is 10.1. The van der Waals surface area contributed by atoms with Crippen molar-refractivity contribution >= 4 is 42.9 Å². The first kappa shape index (κ1) is 59.4. The summed E-state index contributed by atoms with van der Waals surface area (Å²) in [5, 5.41) is -14.2. The van der Waals surface area contributed by atoms with E-state index < -0.39 is 66.8 Å². The molecule has 0 amide bonds. The first-order chi connectivity index (χ1) is 31.2. The summed E-state index contributed by atoms with van der Waals surface area (Å²) in [6.07, 6.45) is -14.3. The molecule has 69 heavy (non-hydrogen) atoms. The van der Waals surface area contributed by atoms with Crippen LogP contribution in [0.2, 0.25) is 0 Å². The Bertz CT molecular complexity index is 2620. The first-order valence-corrected chi connectivity index (χ1v) is 24.9. The van der Waals surface area contributed by atoms with E-state index in [1.54, 1.807) is 0 Å². The van der Waals surface area contributed by atoms with Crippen molar-refractivity contribution in [1.82, 2.24) is 0 Å². The molecular weight excluding hydrogens is 1170 g/mol. The molecule has 0 bridgehead atoms. The molecule has 380 valence electrons. The summed E-state index contributed by atoms with van der Waals surface area (Å²) in [5.41, 5.74) is 2.69. The smallest absolute Gasteiger partial charge is 0.460 e. The number of hydrogen-bond donors (Lipinski definition) is 0. The van der Waals surface area contributed by atoms with Gasteiger partial charge < -0.3 is 9.11 Å². The van der Waals surface area contributed by atoms with Crippen LogP contribution in [0.5, 0.6) is 0 Å². The normalized spacial score (nSPS) is 13.6. The van der Waals surface area contributed by atoms with Crippen LogP contribution in [0.3, 0.4) is 0 Å². The van der Waals surface area contributed by atoms with Crippen LogP contribution in [0.25, 0.3) is 0 Å². The summed E-state index contributed by atoms with van der Waals surface area (Å²) in [4.78, 5) is 6.73. The Morgan fingerprint density at radius 3 is 1.04 bits per heavy atom. The van der Waals surface area contributed by atoms with Crippen molar-refractivity contribution in [2.75, 3.05) is 0 Å². The Morgan fingerprint density at radius 2 is 0.725 bits per heavy atom. The van der Waals surface area contributed by atoms with Crippen molar-refractivity contribution < 1.29 is 126 Å². The number of alkyl halides is 18. The highest BCUT2D eigenvalue weighted by Crippen LogP contribution is 2.55. The highest BCUT2D eigenvalue weighted by atomic mass is 127. The molecule has 0 aliphatic heterocycles. The van der Waals surface area contributed by atoms with Crippen LogP contribution < -0.4 is 21.2 Å². The largest absolute Gasteiger partial charge is 0.743 e. The molecule has 0 spiro atoms. The fourth-order valence-electron chi connectivity index (χ4n) is 4.93. The lowest BCUT2D eigenvalue weighted by Gasteiger charge is -2.34. The number of hydrogen-bond acceptors (Lipinski definition) is 7. The summed E-state index contributed by atoms with van der Waals surface area (Å²) in [7, 11) is -15.0. The van der Waals surface area contributed by atoms with Gasteiger partial charge in [-0.15, -0.1) is 0 Å². The molecule has 0 saturated heterocycles. The molecule has 0 N–H and O–H groups in total. The highest BCUT2D eigenvalue weighted by Gasteiger charge is 2.85. The van der Waals surface area contributed by atoms with E-state index in [4.69, 9.17) is 0 Å². The predicted octanol–water partition coefficient (Wildman–Crippen LogP) is 9.59. The van der Waals surface area contributed by atoms with E-state index >= 15 is 0 Å². The molecule has 0 aliphatic carbocycles. The topological polar surface area (TPSA) is 114 Å². The second-order valence-corrected chi connectivity index (χ2v) is 22.5. The number of halogens is 19. The lowest BCUT2D eigenvalue weighted by Crippen LogP contribution is -3.61. The van der Waals surface area contributed by atoms with E-state index in [0.29, 0.717) is 0 Å². The molecule has 0 fully saturated rings. The van der Waals surface area contributed by atoms with Crippen molar-refractivity contribution in [2.24, 2.45) is 0 Å². The van der Waals surface area contributed by atoms with Crippen LogP contribution in [0.4, 0.5) is 79.0 Å². The number of benzene rings is 5. The monoisotopic (exact) mass is 1200 g/mol. The minimum atomic E-state index is -7.43. The number of aryl methyl sites for hydroxylation is 2. The molecule has 0 radical (unpaired) electrons. The SMILES string of the molecule is Cc1ccccc1[S+](c1ccc(Sc2ccc([I+]c3ccccc3)cc2)cc1)c1ccccc1C.O=S(=O)([O-])C(F)(F)C(F)(F)C(F)(F)C(F)(F)F.O=S(=O)([O-])C(F)(F)C(F)(F)C(F)(F)C(F)(F)F. The Balaban J connectivity index is 0.000000313. The third kappa shape index (κ3) is 13.0. The molecule has 5 aromatic rings. The van der Waals surface area contributed by atoms with Gasteiger partial charge in [0.1, 0.15) is 0 Å². The summed E-state index contributed by atoms with van der Waals surface area (Å²) in [6.45, 7) is 4.45. The molecule has 0 unspecified atom stereocenters. The maximum Gasteiger partial charge on any atom is 0.460 e. The van der Waals surface area contributed by atoms with E-state index in [0.717, 1.165) is 0 Å². The van der Waals surface area contributed by atoms with Gasteiger partial charge in [-0.1, -0.05) is 66.4 Å². The van der Waals surface area contributed by atoms with E-state index in [9.17, 15) is 105 Å². The Kier molecular flexibility index (Phi) is 18.5. The maximum absolute atomic E-state index is 12.2. The molecule has 0 aliphatic rings. The first-order valence-electron chi connectivity index (χ1n) is 17.9. The summed E-state index contributed by atoms with van der Waals surface area (Å²) in [5.74, 6) is -29.6. The van der Waals surface area contributed by atoms with Gasteiger partial charge in [-0.3, -0.25) is 0 Å². The fraction of sp³-hybridized carbons (Fsp3) is 0.250. The highest BCUT2D eigenvalue weighted by molar-refractivity contribution is 7.99. The van der Waals surface area contributed by atoms with Crippen LogP contribution in [-0.2, 0) is 31.1 Å². The zero-order valence-electron chi connectivity index (χ0n) is 33.9.